The minimum Gasteiger partial charge on any atom is -0.504 e. The van der Waals surface area contributed by atoms with Gasteiger partial charge >= 0.3 is 11.4 Å². The second-order valence-corrected chi connectivity index (χ2v) is 12.9. The Morgan fingerprint density at radius 1 is 1.00 bits per heavy atom. The molecule has 0 unspecified atom stereocenters. The van der Waals surface area contributed by atoms with Crippen LogP contribution in [0.4, 0.5) is 22.7 Å². The third-order valence-corrected chi connectivity index (χ3v) is 9.78. The quantitative estimate of drug-likeness (QED) is 0.144. The number of fused-ring (bicyclic) bond motifs is 3. The highest BCUT2D eigenvalue weighted by Gasteiger charge is 2.57. The summed E-state index contributed by atoms with van der Waals surface area (Å²) in [6.45, 7) is 1.52. The fraction of sp³-hybridized carbons (Fsp3) is 0.312. The van der Waals surface area contributed by atoms with Crippen LogP contribution in [-0.4, -0.2) is 59.5 Å². The molecule has 3 aliphatic carbocycles. The number of nitrogens with zero attached hydrogens (tertiary/aromatic N) is 4. The number of methoxy groups -OCH3 is 1. The molecular weight excluding hydrogens is 680 g/mol. The minimum atomic E-state index is -1.06. The van der Waals surface area contributed by atoms with Gasteiger partial charge in [-0.05, 0) is 43.9 Å². The van der Waals surface area contributed by atoms with Gasteiger partial charge in [0.25, 0.3) is 0 Å². The van der Waals surface area contributed by atoms with Gasteiger partial charge in [-0.3, -0.25) is 39.4 Å². The number of anilines is 2. The summed E-state index contributed by atoms with van der Waals surface area (Å²) < 4.78 is 5.87. The maximum absolute atomic E-state index is 14.3. The molecule has 0 aromatic heterocycles. The number of allylic oxidation sites excluding steroid dienone is 6. The fourth-order valence-electron chi connectivity index (χ4n) is 7.40. The van der Waals surface area contributed by atoms with Crippen LogP contribution in [0.15, 0.2) is 63.2 Å². The molecule has 0 radical (unpaired) electrons. The number of rotatable bonds is 6. The van der Waals surface area contributed by atoms with Gasteiger partial charge in [-0.2, -0.15) is 0 Å². The normalized spacial score (nSPS) is 23.6. The van der Waals surface area contributed by atoms with Crippen molar-refractivity contribution in [1.82, 2.24) is 0 Å². The molecule has 1 aliphatic heterocycles. The van der Waals surface area contributed by atoms with Gasteiger partial charge in [0.15, 0.2) is 28.8 Å². The number of amides is 2. The van der Waals surface area contributed by atoms with Gasteiger partial charge in [0.05, 0.1) is 34.5 Å². The Hall–Kier alpha value is -5.18. The Morgan fingerprint density at radius 3 is 2.21 bits per heavy atom. The lowest BCUT2D eigenvalue weighted by molar-refractivity contribution is -0.392. The number of benzene rings is 2. The van der Waals surface area contributed by atoms with E-state index in [-0.39, 0.29) is 63.8 Å². The van der Waals surface area contributed by atoms with Crippen molar-refractivity contribution in [2.45, 2.75) is 25.7 Å². The lowest BCUT2D eigenvalue weighted by atomic mass is 9.59. The number of hydrogen-bond donors (Lipinski definition) is 1. The van der Waals surface area contributed by atoms with Gasteiger partial charge < -0.3 is 14.7 Å². The van der Waals surface area contributed by atoms with Crippen LogP contribution < -0.4 is 14.5 Å². The number of halogens is 1. The summed E-state index contributed by atoms with van der Waals surface area (Å²) in [6, 6.07) is 5.08. The van der Waals surface area contributed by atoms with Gasteiger partial charge in [0.2, 0.25) is 11.8 Å². The predicted molar refractivity (Wildman–Crippen MR) is 170 cm³/mol. The number of carbonyl (C=O) groups excluding carboxylic acids is 4. The summed E-state index contributed by atoms with van der Waals surface area (Å²) in [5.74, 6) is -6.15. The van der Waals surface area contributed by atoms with Crippen molar-refractivity contribution >= 4 is 62.1 Å². The number of carbonyl (C=O) groups is 4. The van der Waals surface area contributed by atoms with Crippen LogP contribution in [0.2, 0.25) is 0 Å². The van der Waals surface area contributed by atoms with Crippen molar-refractivity contribution in [2.75, 3.05) is 31.0 Å². The van der Waals surface area contributed by atoms with Crippen molar-refractivity contribution in [1.29, 1.82) is 0 Å². The molecule has 2 aromatic carbocycles. The van der Waals surface area contributed by atoms with Gasteiger partial charge in [-0.1, -0.05) is 27.6 Å². The molecular formula is C32H27BrN4O10. The van der Waals surface area contributed by atoms with Crippen LogP contribution in [0.3, 0.4) is 0 Å². The van der Waals surface area contributed by atoms with Crippen LogP contribution >= 0.6 is 15.9 Å². The standard InChI is InChI=1S/C32H27BrN4O10/c1-13-7-23(38)19-12-18-16(25(27(19)29(13)39)20-8-14(33)9-24(47-4)30(20)40)5-6-17-26(18)32(42)35(31(17)41)15-10-21(36(43)44)28(34(2)3)22(11-15)37(45)46/h5,7-11,17-18,25-26,40H,6,12H2,1-4H3/t17-,18+,25+,26-/m0/s1. The topological polar surface area (TPSA) is 190 Å². The molecule has 14 nitrogen and oxygen atoms in total. The van der Waals surface area contributed by atoms with Crippen LogP contribution in [0.25, 0.3) is 0 Å². The highest BCUT2D eigenvalue weighted by Crippen LogP contribution is 2.57. The zero-order valence-electron chi connectivity index (χ0n) is 25.5. The zero-order chi connectivity index (χ0) is 34.2. The summed E-state index contributed by atoms with van der Waals surface area (Å²) in [6.07, 6.45) is 2.96. The number of ketones is 2. The maximum atomic E-state index is 14.3. The summed E-state index contributed by atoms with van der Waals surface area (Å²) in [5.41, 5.74) is -0.571. The molecule has 1 saturated heterocycles. The number of imide groups is 1. The number of nitro benzene ring substituents is 2. The lowest BCUT2D eigenvalue weighted by Gasteiger charge is -2.42. The van der Waals surface area contributed by atoms with E-state index in [1.165, 1.54) is 45.2 Å². The summed E-state index contributed by atoms with van der Waals surface area (Å²) in [5, 5.41) is 35.3. The molecule has 1 N–H and O–H groups in total. The molecule has 4 atom stereocenters. The average Bonchev–Trinajstić information content (AvgIpc) is 3.28. The fourth-order valence-corrected chi connectivity index (χ4v) is 7.85. The van der Waals surface area contributed by atoms with E-state index >= 15 is 0 Å². The summed E-state index contributed by atoms with van der Waals surface area (Å²) in [4.78, 5) is 79.6. The molecule has 1 fully saturated rings. The van der Waals surface area contributed by atoms with Gasteiger partial charge in [0.1, 0.15) is 0 Å². The first-order valence-electron chi connectivity index (χ1n) is 14.5. The van der Waals surface area contributed by atoms with Crippen molar-refractivity contribution in [3.63, 3.8) is 0 Å². The van der Waals surface area contributed by atoms with E-state index in [0.717, 1.165) is 17.0 Å². The molecule has 0 bridgehead atoms. The molecule has 0 spiro atoms. The van der Waals surface area contributed by atoms with Crippen molar-refractivity contribution < 1.29 is 38.9 Å². The second kappa shape index (κ2) is 11.3. The van der Waals surface area contributed by atoms with Crippen LogP contribution in [0.1, 0.15) is 31.2 Å². The molecule has 2 amide bonds. The highest BCUT2D eigenvalue weighted by atomic mass is 79.9. The largest absolute Gasteiger partial charge is 0.504 e. The number of ether oxygens (including phenoxy) is 1. The van der Waals surface area contributed by atoms with Gasteiger partial charge in [0, 0.05) is 58.9 Å². The monoisotopic (exact) mass is 706 g/mol. The third kappa shape index (κ3) is 4.75. The lowest BCUT2D eigenvalue weighted by Crippen LogP contribution is -2.39. The van der Waals surface area contributed by atoms with E-state index in [1.54, 1.807) is 12.1 Å². The highest BCUT2D eigenvalue weighted by molar-refractivity contribution is 9.10. The van der Waals surface area contributed by atoms with Crippen LogP contribution in [0, 0.1) is 38.0 Å². The van der Waals surface area contributed by atoms with Crippen LogP contribution in [0.5, 0.6) is 11.5 Å². The molecule has 4 aliphatic rings. The number of phenolic OH excluding ortho intramolecular Hbond substituents is 1. The van der Waals surface area contributed by atoms with Crippen molar-refractivity contribution in [2.24, 2.45) is 17.8 Å². The Morgan fingerprint density at radius 2 is 1.64 bits per heavy atom. The van der Waals surface area contributed by atoms with E-state index in [2.05, 4.69) is 15.9 Å². The van der Waals surface area contributed by atoms with E-state index < -0.39 is 62.5 Å². The smallest absolute Gasteiger partial charge is 0.301 e. The number of phenols is 1. The Kier molecular flexibility index (Phi) is 7.62. The van der Waals surface area contributed by atoms with E-state index in [4.69, 9.17) is 4.74 Å². The minimum absolute atomic E-state index is 0.0412. The van der Waals surface area contributed by atoms with Crippen LogP contribution in [-0.2, 0) is 19.2 Å². The Bertz CT molecular complexity index is 1930. The Balaban J connectivity index is 1.51. The number of nitro groups is 2. The predicted octanol–water partition coefficient (Wildman–Crippen LogP) is 4.68. The van der Waals surface area contributed by atoms with Crippen molar-refractivity contribution in [3.05, 3.63) is 89.0 Å². The first-order valence-corrected chi connectivity index (χ1v) is 15.3. The SMILES string of the molecule is COc1cc(Br)cc([C@H]2C3=CC[C@@H]4C(=O)N(c5cc([N+](=O)[O-])c(N(C)C)c([N+](=O)[O-])c5)C(=O)[C@@H]4[C@@H]3CC3=C2C(=O)C(C)=CC3=O)c1O. The number of Topliss-reactive ketones (excluding diaryl/α,β-unsaturated/α-hetero) is 1. The van der Waals surface area contributed by atoms with E-state index in [1.807, 2.05) is 0 Å². The van der Waals surface area contributed by atoms with Gasteiger partial charge in [-0.25, -0.2) is 4.90 Å². The molecule has 6 rings (SSSR count). The molecule has 47 heavy (non-hydrogen) atoms. The maximum Gasteiger partial charge on any atom is 0.301 e. The summed E-state index contributed by atoms with van der Waals surface area (Å²) in [7, 11) is 4.17. The third-order valence-electron chi connectivity index (χ3n) is 9.32. The molecule has 15 heteroatoms. The molecule has 2 aromatic rings. The Labute approximate surface area is 275 Å². The van der Waals surface area contributed by atoms with Gasteiger partial charge in [-0.15, -0.1) is 0 Å². The van der Waals surface area contributed by atoms with E-state index in [0.29, 0.717) is 10.0 Å². The summed E-state index contributed by atoms with van der Waals surface area (Å²) >= 11 is 3.42. The zero-order valence-corrected chi connectivity index (χ0v) is 27.1. The van der Waals surface area contributed by atoms with E-state index in [9.17, 15) is 44.5 Å². The number of hydrogen-bond acceptors (Lipinski definition) is 11. The average molecular weight is 707 g/mol. The second-order valence-electron chi connectivity index (χ2n) is 12.0. The molecule has 1 heterocycles. The molecule has 0 saturated carbocycles. The first-order chi connectivity index (χ1) is 22.2. The van der Waals surface area contributed by atoms with Crippen molar-refractivity contribution in [3.8, 4) is 11.5 Å². The molecule has 242 valence electrons. The number of aromatic hydroxyl groups is 1. The first kappa shape index (κ1) is 31.8.